The van der Waals surface area contributed by atoms with Crippen molar-refractivity contribution in [3.8, 4) is 17.2 Å². The molecule has 0 bridgehead atoms. The highest BCUT2D eigenvalue weighted by molar-refractivity contribution is 6.33. The number of ether oxygens (including phenoxy) is 1. The molecule has 0 spiro atoms. The number of aromatic nitrogens is 2. The zero-order valence-corrected chi connectivity index (χ0v) is 16.2. The van der Waals surface area contributed by atoms with Crippen LogP contribution in [0.2, 0.25) is 5.02 Å². The van der Waals surface area contributed by atoms with Gasteiger partial charge in [0.25, 0.3) is 11.8 Å². The first-order valence-corrected chi connectivity index (χ1v) is 9.55. The first-order chi connectivity index (χ1) is 13.7. The summed E-state index contributed by atoms with van der Waals surface area (Å²) in [5.41, 5.74) is 1.37. The third-order valence-corrected chi connectivity index (χ3v) is 5.34. The maximum atomic E-state index is 12.7. The van der Waals surface area contributed by atoms with Gasteiger partial charge in [-0.25, -0.2) is 0 Å². The Morgan fingerprint density at radius 1 is 1.18 bits per heavy atom. The van der Waals surface area contributed by atoms with E-state index in [9.17, 15) is 4.79 Å². The van der Waals surface area contributed by atoms with E-state index in [0.29, 0.717) is 35.4 Å². The second-order valence-corrected chi connectivity index (χ2v) is 7.14. The minimum Gasteiger partial charge on any atom is -0.497 e. The Balaban J connectivity index is 1.42. The molecule has 2 heterocycles. The third kappa shape index (κ3) is 3.73. The highest BCUT2D eigenvalue weighted by Crippen LogP contribution is 2.30. The molecule has 0 unspecified atom stereocenters. The van der Waals surface area contributed by atoms with Crippen molar-refractivity contribution in [2.24, 2.45) is 0 Å². The van der Waals surface area contributed by atoms with E-state index in [4.69, 9.17) is 20.9 Å². The van der Waals surface area contributed by atoms with Crippen molar-refractivity contribution in [3.05, 3.63) is 64.9 Å². The fourth-order valence-corrected chi connectivity index (χ4v) is 3.64. The van der Waals surface area contributed by atoms with Crippen LogP contribution in [0, 0.1) is 0 Å². The second-order valence-electron chi connectivity index (χ2n) is 6.74. The van der Waals surface area contributed by atoms with E-state index in [-0.39, 0.29) is 11.8 Å². The van der Waals surface area contributed by atoms with Crippen molar-refractivity contribution in [3.63, 3.8) is 0 Å². The summed E-state index contributed by atoms with van der Waals surface area (Å²) in [5, 5.41) is 4.64. The quantitative estimate of drug-likeness (QED) is 0.651. The SMILES string of the molecule is COc1cccc(-c2nc(C3CCN(C(=O)c4ccccc4Cl)CC3)no2)c1. The van der Waals surface area contributed by atoms with E-state index in [2.05, 4.69) is 10.1 Å². The molecule has 0 radical (unpaired) electrons. The van der Waals surface area contributed by atoms with Gasteiger partial charge >= 0.3 is 0 Å². The molecule has 1 aromatic heterocycles. The van der Waals surface area contributed by atoms with E-state index in [1.165, 1.54) is 0 Å². The van der Waals surface area contributed by atoms with Crippen LogP contribution < -0.4 is 4.74 Å². The van der Waals surface area contributed by atoms with Crippen molar-refractivity contribution < 1.29 is 14.1 Å². The number of likely N-dealkylation sites (tertiary alicyclic amines) is 1. The largest absolute Gasteiger partial charge is 0.497 e. The molecule has 1 aliphatic rings. The number of amides is 1. The molecule has 144 valence electrons. The van der Waals surface area contributed by atoms with Crippen molar-refractivity contribution in [2.45, 2.75) is 18.8 Å². The number of nitrogens with zero attached hydrogens (tertiary/aromatic N) is 3. The molecule has 0 N–H and O–H groups in total. The molecule has 1 fully saturated rings. The Morgan fingerprint density at radius 2 is 1.96 bits per heavy atom. The zero-order valence-electron chi connectivity index (χ0n) is 15.5. The lowest BCUT2D eigenvalue weighted by Gasteiger charge is -2.30. The standard InChI is InChI=1S/C21H20ClN3O3/c1-27-16-6-4-5-15(13-16)20-23-19(24-28-20)14-9-11-25(12-10-14)21(26)17-7-2-3-8-18(17)22/h2-8,13-14H,9-12H2,1H3. The minimum absolute atomic E-state index is 0.0331. The van der Waals surface area contributed by atoms with Crippen LogP contribution in [0.15, 0.2) is 53.1 Å². The number of halogens is 1. The Hall–Kier alpha value is -2.86. The number of piperidine rings is 1. The van der Waals surface area contributed by atoms with Crippen LogP contribution in [0.3, 0.4) is 0 Å². The lowest BCUT2D eigenvalue weighted by Crippen LogP contribution is -2.38. The first-order valence-electron chi connectivity index (χ1n) is 9.17. The summed E-state index contributed by atoms with van der Waals surface area (Å²) in [6.07, 6.45) is 1.57. The second kappa shape index (κ2) is 8.02. The van der Waals surface area contributed by atoms with E-state index in [0.717, 1.165) is 24.2 Å². The maximum Gasteiger partial charge on any atom is 0.258 e. The van der Waals surface area contributed by atoms with E-state index >= 15 is 0 Å². The topological polar surface area (TPSA) is 68.5 Å². The number of hydrogen-bond acceptors (Lipinski definition) is 5. The van der Waals surface area contributed by atoms with Gasteiger partial charge in [-0.2, -0.15) is 4.98 Å². The smallest absolute Gasteiger partial charge is 0.258 e. The summed E-state index contributed by atoms with van der Waals surface area (Å²) < 4.78 is 10.7. The molecule has 3 aromatic rings. The van der Waals surface area contributed by atoms with Gasteiger partial charge in [0, 0.05) is 24.6 Å². The predicted molar refractivity (Wildman–Crippen MR) is 106 cm³/mol. The maximum absolute atomic E-state index is 12.7. The van der Waals surface area contributed by atoms with Crippen molar-refractivity contribution in [1.82, 2.24) is 15.0 Å². The van der Waals surface area contributed by atoms with Crippen LogP contribution in [0.25, 0.3) is 11.5 Å². The van der Waals surface area contributed by atoms with Crippen LogP contribution in [0.1, 0.15) is 34.9 Å². The molecule has 1 saturated heterocycles. The van der Waals surface area contributed by atoms with Crippen LogP contribution in [-0.2, 0) is 0 Å². The van der Waals surface area contributed by atoms with Crippen LogP contribution >= 0.6 is 11.6 Å². The number of rotatable bonds is 4. The van der Waals surface area contributed by atoms with Gasteiger partial charge in [-0.05, 0) is 43.2 Å². The lowest BCUT2D eigenvalue weighted by molar-refractivity contribution is 0.0711. The van der Waals surface area contributed by atoms with Crippen LogP contribution in [0.5, 0.6) is 5.75 Å². The molecule has 0 atom stereocenters. The molecule has 1 aliphatic heterocycles. The Bertz CT molecular complexity index is 980. The van der Waals surface area contributed by atoms with E-state index < -0.39 is 0 Å². The first kappa shape index (κ1) is 18.5. The Labute approximate surface area is 168 Å². The van der Waals surface area contributed by atoms with E-state index in [1.54, 1.807) is 19.2 Å². The van der Waals surface area contributed by atoms with Crippen molar-refractivity contribution >= 4 is 17.5 Å². The number of carbonyl (C=O) groups is 1. The summed E-state index contributed by atoms with van der Waals surface area (Å²) in [4.78, 5) is 19.1. The van der Waals surface area contributed by atoms with Crippen LogP contribution in [0.4, 0.5) is 0 Å². The molecule has 0 aliphatic carbocycles. The van der Waals surface area contributed by atoms with Gasteiger partial charge < -0.3 is 14.2 Å². The summed E-state index contributed by atoms with van der Waals surface area (Å²) in [5.74, 6) is 2.03. The molecular formula is C21H20ClN3O3. The molecular weight excluding hydrogens is 378 g/mol. The number of hydrogen-bond donors (Lipinski definition) is 0. The van der Waals surface area contributed by atoms with Crippen LogP contribution in [-0.4, -0.2) is 41.1 Å². The number of carbonyl (C=O) groups excluding carboxylic acids is 1. The van der Waals surface area contributed by atoms with Gasteiger partial charge in [-0.3, -0.25) is 4.79 Å². The minimum atomic E-state index is -0.0331. The average Bonchev–Trinajstić information content (AvgIpc) is 3.24. The molecule has 1 amide bonds. The third-order valence-electron chi connectivity index (χ3n) is 5.01. The van der Waals surface area contributed by atoms with Gasteiger partial charge in [0.15, 0.2) is 5.82 Å². The Morgan fingerprint density at radius 3 is 2.71 bits per heavy atom. The molecule has 7 heteroatoms. The lowest BCUT2D eigenvalue weighted by atomic mass is 9.95. The molecule has 6 nitrogen and oxygen atoms in total. The van der Waals surface area contributed by atoms with Gasteiger partial charge in [-0.1, -0.05) is 35.0 Å². The summed E-state index contributed by atoms with van der Waals surface area (Å²) >= 11 is 6.16. The highest BCUT2D eigenvalue weighted by atomic mass is 35.5. The Kier molecular flexibility index (Phi) is 5.30. The molecule has 2 aromatic carbocycles. The van der Waals surface area contributed by atoms with Gasteiger partial charge in [-0.15, -0.1) is 0 Å². The van der Waals surface area contributed by atoms with Crippen molar-refractivity contribution in [2.75, 3.05) is 20.2 Å². The summed E-state index contributed by atoms with van der Waals surface area (Å²) in [6, 6.07) is 14.7. The van der Waals surface area contributed by atoms with Crippen molar-refractivity contribution in [1.29, 1.82) is 0 Å². The fourth-order valence-electron chi connectivity index (χ4n) is 3.42. The number of methoxy groups -OCH3 is 1. The molecule has 4 rings (SSSR count). The number of benzene rings is 2. The predicted octanol–water partition coefficient (Wildman–Crippen LogP) is 4.42. The summed E-state index contributed by atoms with van der Waals surface area (Å²) in [7, 11) is 1.62. The van der Waals surface area contributed by atoms with E-state index in [1.807, 2.05) is 41.3 Å². The highest BCUT2D eigenvalue weighted by Gasteiger charge is 2.28. The van der Waals surface area contributed by atoms with Gasteiger partial charge in [0.05, 0.1) is 17.7 Å². The molecule has 0 saturated carbocycles. The zero-order chi connectivity index (χ0) is 19.5. The summed E-state index contributed by atoms with van der Waals surface area (Å²) in [6.45, 7) is 1.27. The van der Waals surface area contributed by atoms with Gasteiger partial charge in [0.2, 0.25) is 0 Å². The average molecular weight is 398 g/mol. The fraction of sp³-hybridized carbons (Fsp3) is 0.286. The molecule has 28 heavy (non-hydrogen) atoms. The normalized spacial score (nSPS) is 14.9. The van der Waals surface area contributed by atoms with Gasteiger partial charge in [0.1, 0.15) is 5.75 Å². The monoisotopic (exact) mass is 397 g/mol.